The van der Waals surface area contributed by atoms with Crippen molar-refractivity contribution < 1.29 is 14.6 Å². The largest absolute Gasteiger partial charge is 0.351 e. The molecule has 0 aliphatic rings. The minimum Gasteiger partial charge on any atom is -0.310 e. The SMILES string of the molecule is CCC(C)c1cccc(-c2cc3scc(CC(=O)[N+](C)(C)O)n3c2)c1. The van der Waals surface area contributed by atoms with E-state index in [1.807, 2.05) is 5.38 Å². The van der Waals surface area contributed by atoms with Gasteiger partial charge in [-0.05, 0) is 29.5 Å². The second-order valence-electron chi connectivity index (χ2n) is 7.06. The first kappa shape index (κ1) is 17.9. The van der Waals surface area contributed by atoms with Crippen LogP contribution in [0.25, 0.3) is 16.0 Å². The molecular weight excluding hydrogens is 332 g/mol. The molecule has 0 spiro atoms. The highest BCUT2D eigenvalue weighted by molar-refractivity contribution is 7.15. The van der Waals surface area contributed by atoms with Gasteiger partial charge in [0.2, 0.25) is 0 Å². The van der Waals surface area contributed by atoms with Gasteiger partial charge in [0, 0.05) is 22.8 Å². The maximum atomic E-state index is 12.1. The molecule has 1 N–H and O–H groups in total. The molecule has 1 unspecified atom stereocenters. The fourth-order valence-corrected chi connectivity index (χ4v) is 3.77. The number of nitrogens with zero attached hydrogens (tertiary/aromatic N) is 2. The third-order valence-electron chi connectivity index (χ3n) is 4.75. The molecular formula is C20H25N2O2S+. The van der Waals surface area contributed by atoms with Crippen LogP contribution in [0.4, 0.5) is 0 Å². The number of likely N-dealkylation sites (N-methyl/N-ethyl adjacent to an activating group) is 1. The van der Waals surface area contributed by atoms with E-state index in [0.29, 0.717) is 5.92 Å². The molecule has 0 fully saturated rings. The van der Waals surface area contributed by atoms with Crippen molar-refractivity contribution in [1.29, 1.82) is 0 Å². The molecule has 3 rings (SSSR count). The van der Waals surface area contributed by atoms with E-state index in [9.17, 15) is 10.0 Å². The van der Waals surface area contributed by atoms with Crippen LogP contribution in [0.3, 0.4) is 0 Å². The summed E-state index contributed by atoms with van der Waals surface area (Å²) < 4.78 is 1.41. The highest BCUT2D eigenvalue weighted by atomic mass is 32.1. The molecule has 132 valence electrons. The fraction of sp³-hybridized carbons (Fsp3) is 0.350. The Kier molecular flexibility index (Phi) is 4.82. The highest BCUT2D eigenvalue weighted by Crippen LogP contribution is 2.30. The van der Waals surface area contributed by atoms with Gasteiger partial charge in [0.1, 0.15) is 20.5 Å². The predicted molar refractivity (Wildman–Crippen MR) is 102 cm³/mol. The summed E-state index contributed by atoms with van der Waals surface area (Å²) in [4.78, 5) is 13.2. The Hall–Kier alpha value is -1.95. The molecule has 2 aromatic heterocycles. The summed E-state index contributed by atoms with van der Waals surface area (Å²) >= 11 is 1.62. The van der Waals surface area contributed by atoms with Crippen LogP contribution in [-0.4, -0.2) is 34.3 Å². The standard InChI is InChI=1S/C20H25N2O2S/c1-5-14(2)15-7-6-8-16(9-15)17-10-19-21(12-17)18(13-25-19)11-20(23)22(3,4)24/h6-10,12-14,24H,5,11H2,1-4H3/q+1. The summed E-state index contributed by atoms with van der Waals surface area (Å²) in [7, 11) is 2.96. The average molecular weight is 357 g/mol. The second-order valence-corrected chi connectivity index (χ2v) is 7.95. The molecule has 1 aromatic carbocycles. The summed E-state index contributed by atoms with van der Waals surface area (Å²) in [6.45, 7) is 4.45. The van der Waals surface area contributed by atoms with Crippen molar-refractivity contribution >= 4 is 22.1 Å². The van der Waals surface area contributed by atoms with Crippen LogP contribution < -0.4 is 0 Å². The van der Waals surface area contributed by atoms with Crippen LogP contribution in [0.2, 0.25) is 0 Å². The highest BCUT2D eigenvalue weighted by Gasteiger charge is 2.25. The van der Waals surface area contributed by atoms with Crippen molar-refractivity contribution in [3.63, 3.8) is 0 Å². The minimum absolute atomic E-state index is 0.213. The van der Waals surface area contributed by atoms with Crippen molar-refractivity contribution in [2.75, 3.05) is 14.1 Å². The van der Waals surface area contributed by atoms with Gasteiger partial charge < -0.3 is 4.40 Å². The van der Waals surface area contributed by atoms with Gasteiger partial charge in [-0.15, -0.1) is 16.0 Å². The molecule has 0 aliphatic carbocycles. The molecule has 4 nitrogen and oxygen atoms in total. The maximum Gasteiger partial charge on any atom is 0.351 e. The number of quaternary nitrogens is 1. The van der Waals surface area contributed by atoms with E-state index in [1.165, 1.54) is 25.2 Å². The molecule has 5 heteroatoms. The lowest BCUT2D eigenvalue weighted by molar-refractivity contribution is -1.01. The van der Waals surface area contributed by atoms with Crippen LogP contribution in [0.5, 0.6) is 0 Å². The van der Waals surface area contributed by atoms with Gasteiger partial charge in [-0.1, -0.05) is 38.1 Å². The average Bonchev–Trinajstić information content (AvgIpc) is 3.15. The summed E-state index contributed by atoms with van der Waals surface area (Å²) in [6.07, 6.45) is 3.42. The zero-order valence-corrected chi connectivity index (χ0v) is 16.0. The van der Waals surface area contributed by atoms with Gasteiger partial charge in [0.25, 0.3) is 0 Å². The molecule has 1 atom stereocenters. The Morgan fingerprint density at radius 2 is 2.04 bits per heavy atom. The topological polar surface area (TPSA) is 41.7 Å². The first-order valence-electron chi connectivity index (χ1n) is 8.58. The lowest BCUT2D eigenvalue weighted by atomic mass is 9.95. The Bertz CT molecular complexity index is 902. The lowest BCUT2D eigenvalue weighted by Gasteiger charge is -2.15. The Morgan fingerprint density at radius 3 is 2.72 bits per heavy atom. The predicted octanol–water partition coefficient (Wildman–Crippen LogP) is 4.72. The zero-order chi connectivity index (χ0) is 18.2. The summed E-state index contributed by atoms with van der Waals surface area (Å²) in [6, 6.07) is 10.8. The monoisotopic (exact) mass is 357 g/mol. The number of amides is 1. The number of fused-ring (bicyclic) bond motifs is 1. The van der Waals surface area contributed by atoms with Crippen LogP contribution in [-0.2, 0) is 11.2 Å². The van der Waals surface area contributed by atoms with Crippen molar-refractivity contribution in [3.8, 4) is 11.1 Å². The maximum absolute atomic E-state index is 12.1. The van der Waals surface area contributed by atoms with E-state index >= 15 is 0 Å². The van der Waals surface area contributed by atoms with Gasteiger partial charge in [0.05, 0.1) is 4.83 Å². The first-order valence-corrected chi connectivity index (χ1v) is 9.46. The number of aromatic nitrogens is 1. The number of carbonyl (C=O) groups is 1. The van der Waals surface area contributed by atoms with Crippen molar-refractivity contribution in [3.05, 3.63) is 53.2 Å². The van der Waals surface area contributed by atoms with E-state index in [4.69, 9.17) is 0 Å². The first-order chi connectivity index (χ1) is 11.8. The number of thiazole rings is 1. The third-order valence-corrected chi connectivity index (χ3v) is 5.70. The lowest BCUT2D eigenvalue weighted by Crippen LogP contribution is -2.43. The fourth-order valence-electron chi connectivity index (χ4n) is 2.84. The van der Waals surface area contributed by atoms with Gasteiger partial charge in [-0.25, -0.2) is 10.0 Å². The number of carbonyl (C=O) groups excluding carboxylic acids is 1. The van der Waals surface area contributed by atoms with Gasteiger partial charge in [0.15, 0.2) is 0 Å². The molecule has 0 aliphatic heterocycles. The molecule has 25 heavy (non-hydrogen) atoms. The quantitative estimate of drug-likeness (QED) is 0.408. The van der Waals surface area contributed by atoms with Crippen molar-refractivity contribution in [1.82, 2.24) is 4.40 Å². The van der Waals surface area contributed by atoms with Gasteiger partial charge in [-0.2, -0.15) is 0 Å². The van der Waals surface area contributed by atoms with Gasteiger partial charge in [-0.3, -0.25) is 0 Å². The van der Waals surface area contributed by atoms with E-state index in [0.717, 1.165) is 22.5 Å². The minimum atomic E-state index is -0.650. The van der Waals surface area contributed by atoms with Crippen LogP contribution in [0, 0.1) is 0 Å². The van der Waals surface area contributed by atoms with E-state index in [1.54, 1.807) is 11.3 Å². The molecule has 3 aromatic rings. The van der Waals surface area contributed by atoms with E-state index < -0.39 is 4.65 Å². The smallest absolute Gasteiger partial charge is 0.310 e. The van der Waals surface area contributed by atoms with Gasteiger partial charge >= 0.3 is 5.91 Å². The Morgan fingerprint density at radius 1 is 1.28 bits per heavy atom. The molecule has 2 heterocycles. The van der Waals surface area contributed by atoms with Crippen LogP contribution >= 0.6 is 11.3 Å². The number of hydroxylamine groups is 3. The third kappa shape index (κ3) is 3.68. The molecule has 1 amide bonds. The summed E-state index contributed by atoms with van der Waals surface area (Å²) in [5.74, 6) is 0.315. The summed E-state index contributed by atoms with van der Waals surface area (Å²) in [5, 5.41) is 11.8. The molecule has 0 bridgehead atoms. The second kappa shape index (κ2) is 6.75. The number of rotatable bonds is 5. The van der Waals surface area contributed by atoms with E-state index in [-0.39, 0.29) is 12.3 Å². The van der Waals surface area contributed by atoms with Crippen LogP contribution in [0.15, 0.2) is 41.9 Å². The Labute approximate surface area is 152 Å². The number of benzene rings is 1. The van der Waals surface area contributed by atoms with Crippen molar-refractivity contribution in [2.24, 2.45) is 0 Å². The summed E-state index contributed by atoms with van der Waals surface area (Å²) in [5.41, 5.74) is 4.62. The van der Waals surface area contributed by atoms with Crippen molar-refractivity contribution in [2.45, 2.75) is 32.6 Å². The zero-order valence-electron chi connectivity index (χ0n) is 15.2. The van der Waals surface area contributed by atoms with E-state index in [2.05, 4.69) is 54.8 Å². The number of hydrogen-bond donors (Lipinski definition) is 1. The molecule has 0 radical (unpaired) electrons. The number of hydrogen-bond acceptors (Lipinski definition) is 3. The molecule has 0 saturated carbocycles. The normalized spacial score (nSPS) is 13.3. The van der Waals surface area contributed by atoms with Crippen LogP contribution in [0.1, 0.15) is 37.4 Å². The Balaban J connectivity index is 1.94. The molecule has 0 saturated heterocycles.